The van der Waals surface area contributed by atoms with Crippen LogP contribution in [0.3, 0.4) is 0 Å². The van der Waals surface area contributed by atoms with Gasteiger partial charge >= 0.3 is 5.97 Å². The van der Waals surface area contributed by atoms with E-state index in [1.807, 2.05) is 0 Å². The number of esters is 1. The summed E-state index contributed by atoms with van der Waals surface area (Å²) in [4.78, 5) is 9.59. The first-order valence-corrected chi connectivity index (χ1v) is 5.05. The fraction of sp³-hybridized carbons (Fsp3) is 0.909. The zero-order valence-corrected chi connectivity index (χ0v) is 9.83. The highest BCUT2D eigenvalue weighted by Crippen LogP contribution is 2.42. The van der Waals surface area contributed by atoms with Crippen LogP contribution in [0.15, 0.2) is 0 Å². The van der Waals surface area contributed by atoms with E-state index >= 15 is 0 Å². The molecule has 1 N–H and O–H groups in total. The van der Waals surface area contributed by atoms with Crippen LogP contribution in [0.25, 0.3) is 0 Å². The van der Waals surface area contributed by atoms with Gasteiger partial charge in [-0.2, -0.15) is 0 Å². The topological polar surface area (TPSA) is 46.5 Å². The van der Waals surface area contributed by atoms with E-state index in [-0.39, 0.29) is 17.5 Å². The molecule has 0 heterocycles. The SMILES string of the molecule is CC1CCC(O)C1(C)C.COC(C)=O. The summed E-state index contributed by atoms with van der Waals surface area (Å²) in [5.74, 6) is 0.442. The van der Waals surface area contributed by atoms with Gasteiger partial charge in [-0.05, 0) is 24.2 Å². The molecule has 0 bridgehead atoms. The number of carbonyl (C=O) groups is 1. The Morgan fingerprint density at radius 1 is 1.43 bits per heavy atom. The van der Waals surface area contributed by atoms with Crippen molar-refractivity contribution in [3.05, 3.63) is 0 Å². The van der Waals surface area contributed by atoms with Crippen molar-refractivity contribution < 1.29 is 14.6 Å². The maximum absolute atomic E-state index is 9.59. The Balaban J connectivity index is 0.000000292. The van der Waals surface area contributed by atoms with Gasteiger partial charge in [0.1, 0.15) is 0 Å². The van der Waals surface area contributed by atoms with E-state index in [4.69, 9.17) is 0 Å². The highest BCUT2D eigenvalue weighted by molar-refractivity contribution is 5.65. The molecule has 0 aromatic heterocycles. The van der Waals surface area contributed by atoms with E-state index in [0.717, 1.165) is 6.42 Å². The summed E-state index contributed by atoms with van der Waals surface area (Å²) in [7, 11) is 1.35. The molecule has 0 aromatic rings. The van der Waals surface area contributed by atoms with Crippen molar-refractivity contribution in [3.63, 3.8) is 0 Å². The average Bonchev–Trinajstić information content (AvgIpc) is 2.33. The third-order valence-electron chi connectivity index (χ3n) is 3.29. The number of hydrogen-bond acceptors (Lipinski definition) is 3. The van der Waals surface area contributed by atoms with Gasteiger partial charge in [-0.15, -0.1) is 0 Å². The van der Waals surface area contributed by atoms with E-state index in [1.54, 1.807) is 0 Å². The largest absolute Gasteiger partial charge is 0.469 e. The molecular weight excluding hydrogens is 180 g/mol. The quantitative estimate of drug-likeness (QED) is 0.611. The summed E-state index contributed by atoms with van der Waals surface area (Å²) in [5.41, 5.74) is 0.167. The van der Waals surface area contributed by atoms with Gasteiger partial charge in [0.15, 0.2) is 0 Å². The number of rotatable bonds is 0. The number of aliphatic hydroxyl groups is 1. The van der Waals surface area contributed by atoms with Crippen LogP contribution in [0.4, 0.5) is 0 Å². The van der Waals surface area contributed by atoms with Gasteiger partial charge in [-0.3, -0.25) is 4.79 Å². The summed E-state index contributed by atoms with van der Waals surface area (Å²) >= 11 is 0. The lowest BCUT2D eigenvalue weighted by molar-refractivity contribution is -0.137. The van der Waals surface area contributed by atoms with E-state index in [0.29, 0.717) is 5.92 Å². The minimum absolute atomic E-state index is 0.0625. The summed E-state index contributed by atoms with van der Waals surface area (Å²) in [6, 6.07) is 0. The van der Waals surface area contributed by atoms with Crippen LogP contribution in [0.5, 0.6) is 0 Å². The zero-order chi connectivity index (χ0) is 11.4. The molecule has 0 saturated heterocycles. The number of hydrogen-bond donors (Lipinski definition) is 1. The fourth-order valence-corrected chi connectivity index (χ4v) is 1.48. The van der Waals surface area contributed by atoms with Crippen molar-refractivity contribution >= 4 is 5.97 Å². The molecule has 0 radical (unpaired) electrons. The number of carbonyl (C=O) groups excluding carboxylic acids is 1. The van der Waals surface area contributed by atoms with Crippen molar-refractivity contribution in [2.75, 3.05) is 7.11 Å². The molecule has 0 aliphatic heterocycles. The first-order chi connectivity index (χ1) is 6.32. The van der Waals surface area contributed by atoms with Gasteiger partial charge in [0, 0.05) is 6.92 Å². The van der Waals surface area contributed by atoms with E-state index in [9.17, 15) is 9.90 Å². The van der Waals surface area contributed by atoms with E-state index < -0.39 is 0 Å². The van der Waals surface area contributed by atoms with Crippen molar-refractivity contribution in [3.8, 4) is 0 Å². The summed E-state index contributed by atoms with van der Waals surface area (Å²) in [6.07, 6.45) is 2.12. The van der Waals surface area contributed by atoms with Gasteiger partial charge < -0.3 is 9.84 Å². The molecule has 2 unspecified atom stereocenters. The fourth-order valence-electron chi connectivity index (χ4n) is 1.48. The first kappa shape index (κ1) is 13.4. The van der Waals surface area contributed by atoms with Crippen LogP contribution < -0.4 is 0 Å². The van der Waals surface area contributed by atoms with Crippen LogP contribution in [0.2, 0.25) is 0 Å². The second-order valence-corrected chi connectivity index (χ2v) is 4.51. The number of ether oxygens (including phenoxy) is 1. The molecule has 1 saturated carbocycles. The third kappa shape index (κ3) is 3.66. The highest BCUT2D eigenvalue weighted by Gasteiger charge is 2.38. The van der Waals surface area contributed by atoms with E-state index in [1.165, 1.54) is 20.5 Å². The number of aliphatic hydroxyl groups excluding tert-OH is 1. The van der Waals surface area contributed by atoms with Crippen molar-refractivity contribution in [1.29, 1.82) is 0 Å². The summed E-state index contributed by atoms with van der Waals surface area (Å²) in [6.45, 7) is 7.88. The molecule has 1 aliphatic rings. The van der Waals surface area contributed by atoms with Crippen molar-refractivity contribution in [2.45, 2.75) is 46.6 Å². The van der Waals surface area contributed by atoms with Crippen LogP contribution in [-0.4, -0.2) is 24.3 Å². The average molecular weight is 202 g/mol. The zero-order valence-electron chi connectivity index (χ0n) is 9.83. The lowest BCUT2D eigenvalue weighted by Crippen LogP contribution is -2.27. The molecule has 3 heteroatoms. The lowest BCUT2D eigenvalue weighted by Gasteiger charge is -2.27. The monoisotopic (exact) mass is 202 g/mol. The van der Waals surface area contributed by atoms with Crippen molar-refractivity contribution in [2.24, 2.45) is 11.3 Å². The Kier molecular flexibility index (Phi) is 5.13. The van der Waals surface area contributed by atoms with Crippen molar-refractivity contribution in [1.82, 2.24) is 0 Å². The molecule has 1 aliphatic carbocycles. The van der Waals surface area contributed by atoms with Gasteiger partial charge in [-0.1, -0.05) is 20.8 Å². The third-order valence-corrected chi connectivity index (χ3v) is 3.29. The van der Waals surface area contributed by atoms with Crippen LogP contribution >= 0.6 is 0 Å². The maximum atomic E-state index is 9.59. The van der Waals surface area contributed by atoms with Gasteiger partial charge in [-0.25, -0.2) is 0 Å². The minimum atomic E-state index is -0.245. The Hall–Kier alpha value is -0.570. The molecule has 0 spiro atoms. The molecule has 1 rings (SSSR count). The first-order valence-electron chi connectivity index (χ1n) is 5.05. The Bertz CT molecular complexity index is 175. The second kappa shape index (κ2) is 5.35. The maximum Gasteiger partial charge on any atom is 0.302 e. The van der Waals surface area contributed by atoms with Crippen LogP contribution in [0.1, 0.15) is 40.5 Å². The molecule has 1 fully saturated rings. The van der Waals surface area contributed by atoms with E-state index in [2.05, 4.69) is 25.5 Å². The summed E-state index contributed by atoms with van der Waals surface area (Å²) < 4.78 is 4.11. The van der Waals surface area contributed by atoms with Gasteiger partial charge in [0.25, 0.3) is 0 Å². The van der Waals surface area contributed by atoms with Crippen LogP contribution in [-0.2, 0) is 9.53 Å². The normalized spacial score (nSPS) is 29.0. The predicted octanol–water partition coefficient (Wildman–Crippen LogP) is 1.98. The molecule has 14 heavy (non-hydrogen) atoms. The smallest absolute Gasteiger partial charge is 0.302 e. The molecule has 84 valence electrons. The van der Waals surface area contributed by atoms with Crippen LogP contribution in [0, 0.1) is 11.3 Å². The predicted molar refractivity (Wildman–Crippen MR) is 55.9 cm³/mol. The summed E-state index contributed by atoms with van der Waals surface area (Å²) in [5, 5.41) is 9.43. The Labute approximate surface area is 86.5 Å². The highest BCUT2D eigenvalue weighted by atomic mass is 16.5. The van der Waals surface area contributed by atoms with Gasteiger partial charge in [0.2, 0.25) is 0 Å². The molecule has 2 atom stereocenters. The number of methoxy groups -OCH3 is 1. The van der Waals surface area contributed by atoms with Gasteiger partial charge in [0.05, 0.1) is 13.2 Å². The Morgan fingerprint density at radius 3 is 1.93 bits per heavy atom. The second-order valence-electron chi connectivity index (χ2n) is 4.51. The molecule has 0 amide bonds. The molecule has 0 aromatic carbocycles. The molecular formula is C11H22O3. The standard InChI is InChI=1S/C8H16O.C3H6O2/c1-6-4-5-7(9)8(6,2)3;1-3(4)5-2/h6-7,9H,4-5H2,1-3H3;1-2H3. The minimum Gasteiger partial charge on any atom is -0.469 e. The Morgan fingerprint density at radius 2 is 1.86 bits per heavy atom. The molecule has 3 nitrogen and oxygen atoms in total. The lowest BCUT2D eigenvalue weighted by atomic mass is 9.82.